The van der Waals surface area contributed by atoms with Crippen molar-refractivity contribution in [3.05, 3.63) is 35.4 Å². The smallest absolute Gasteiger partial charge is 0.0626 e. The number of likely N-dealkylation sites (N-methyl/N-ethyl adjacent to an activating group) is 1. The standard InChI is InChI=1S/C10H15NO/c1-8-3-5-9(6-4-8)10(7-12)11-2/h3-6,10-12H,7H2,1-2H3. The van der Waals surface area contributed by atoms with Gasteiger partial charge in [-0.2, -0.15) is 0 Å². The molecule has 0 fully saturated rings. The van der Waals surface area contributed by atoms with Crippen molar-refractivity contribution in [2.45, 2.75) is 13.0 Å². The fraction of sp³-hybridized carbons (Fsp3) is 0.400. The van der Waals surface area contributed by atoms with Crippen LogP contribution < -0.4 is 5.32 Å². The van der Waals surface area contributed by atoms with Crippen LogP contribution in [0.25, 0.3) is 0 Å². The molecule has 66 valence electrons. The molecule has 2 nitrogen and oxygen atoms in total. The van der Waals surface area contributed by atoms with Gasteiger partial charge in [0.15, 0.2) is 0 Å². The first-order valence-corrected chi connectivity index (χ1v) is 4.12. The maximum absolute atomic E-state index is 8.99. The van der Waals surface area contributed by atoms with Crippen LogP contribution in [0.4, 0.5) is 0 Å². The van der Waals surface area contributed by atoms with Gasteiger partial charge in [-0.1, -0.05) is 29.8 Å². The number of aryl methyl sites for hydroxylation is 1. The van der Waals surface area contributed by atoms with Gasteiger partial charge in [0.2, 0.25) is 0 Å². The maximum Gasteiger partial charge on any atom is 0.0626 e. The number of aliphatic hydroxyl groups excluding tert-OH is 1. The lowest BCUT2D eigenvalue weighted by atomic mass is 10.1. The van der Waals surface area contributed by atoms with Crippen LogP contribution in [0, 0.1) is 6.92 Å². The average Bonchev–Trinajstić information content (AvgIpc) is 2.10. The second-order valence-corrected chi connectivity index (χ2v) is 2.93. The van der Waals surface area contributed by atoms with Gasteiger partial charge >= 0.3 is 0 Å². The van der Waals surface area contributed by atoms with Gasteiger partial charge in [0.1, 0.15) is 0 Å². The van der Waals surface area contributed by atoms with Crippen LogP contribution in [0.15, 0.2) is 24.3 Å². The van der Waals surface area contributed by atoms with E-state index in [0.717, 1.165) is 5.56 Å². The molecule has 0 radical (unpaired) electrons. The topological polar surface area (TPSA) is 32.3 Å². The Morgan fingerprint density at radius 1 is 1.33 bits per heavy atom. The van der Waals surface area contributed by atoms with Gasteiger partial charge in [-0.25, -0.2) is 0 Å². The van der Waals surface area contributed by atoms with Gasteiger partial charge in [0.25, 0.3) is 0 Å². The third-order valence-corrected chi connectivity index (χ3v) is 2.01. The highest BCUT2D eigenvalue weighted by molar-refractivity contribution is 5.24. The molecule has 0 aliphatic heterocycles. The van der Waals surface area contributed by atoms with Gasteiger partial charge in [-0.05, 0) is 19.5 Å². The molecule has 1 aromatic carbocycles. The molecule has 1 rings (SSSR count). The predicted octanol–water partition coefficient (Wildman–Crippen LogP) is 1.25. The van der Waals surface area contributed by atoms with E-state index in [0.29, 0.717) is 0 Å². The van der Waals surface area contributed by atoms with Crippen molar-refractivity contribution in [2.75, 3.05) is 13.7 Å². The lowest BCUT2D eigenvalue weighted by Crippen LogP contribution is -2.19. The predicted molar refractivity (Wildman–Crippen MR) is 50.1 cm³/mol. The van der Waals surface area contributed by atoms with Crippen molar-refractivity contribution >= 4 is 0 Å². The second-order valence-electron chi connectivity index (χ2n) is 2.93. The van der Waals surface area contributed by atoms with Crippen molar-refractivity contribution < 1.29 is 5.11 Å². The SMILES string of the molecule is CNC(CO)c1ccc(C)cc1. The van der Waals surface area contributed by atoms with E-state index in [1.165, 1.54) is 5.56 Å². The van der Waals surface area contributed by atoms with Crippen molar-refractivity contribution in [2.24, 2.45) is 0 Å². The Kier molecular flexibility index (Phi) is 3.26. The molecule has 0 aliphatic rings. The van der Waals surface area contributed by atoms with Gasteiger partial charge in [0.05, 0.1) is 12.6 Å². The highest BCUT2D eigenvalue weighted by Crippen LogP contribution is 2.12. The first-order valence-electron chi connectivity index (χ1n) is 4.12. The highest BCUT2D eigenvalue weighted by Gasteiger charge is 2.05. The Labute approximate surface area is 73.2 Å². The van der Waals surface area contributed by atoms with Crippen molar-refractivity contribution in [1.82, 2.24) is 5.32 Å². The Bertz CT molecular complexity index is 226. The third kappa shape index (κ3) is 2.06. The van der Waals surface area contributed by atoms with Gasteiger partial charge in [-0.3, -0.25) is 0 Å². The summed E-state index contributed by atoms with van der Waals surface area (Å²) >= 11 is 0. The molecule has 0 saturated carbocycles. The summed E-state index contributed by atoms with van der Waals surface area (Å²) in [5.74, 6) is 0. The maximum atomic E-state index is 8.99. The largest absolute Gasteiger partial charge is 0.394 e. The molecule has 0 aliphatic carbocycles. The van der Waals surface area contributed by atoms with Crippen molar-refractivity contribution in [3.63, 3.8) is 0 Å². The number of rotatable bonds is 3. The molecule has 0 amide bonds. The molecule has 2 N–H and O–H groups in total. The van der Waals surface area contributed by atoms with Crippen LogP contribution in [0.3, 0.4) is 0 Å². The Morgan fingerprint density at radius 3 is 2.33 bits per heavy atom. The molecule has 1 atom stereocenters. The van der Waals surface area contributed by atoms with Crippen molar-refractivity contribution in [1.29, 1.82) is 0 Å². The third-order valence-electron chi connectivity index (χ3n) is 2.01. The summed E-state index contributed by atoms with van der Waals surface area (Å²) in [4.78, 5) is 0. The average molecular weight is 165 g/mol. The van der Waals surface area contributed by atoms with E-state index in [-0.39, 0.29) is 12.6 Å². The molecule has 1 aromatic rings. The summed E-state index contributed by atoms with van der Waals surface area (Å²) in [6, 6.07) is 8.23. The minimum Gasteiger partial charge on any atom is -0.394 e. The molecule has 0 aromatic heterocycles. The Balaban J connectivity index is 2.80. The summed E-state index contributed by atoms with van der Waals surface area (Å²) in [6.45, 7) is 2.19. The first-order chi connectivity index (χ1) is 5.77. The molecule has 12 heavy (non-hydrogen) atoms. The Hall–Kier alpha value is -0.860. The molecule has 0 saturated heterocycles. The minimum absolute atomic E-state index is 0.0607. The van der Waals surface area contributed by atoms with Crippen LogP contribution in [-0.4, -0.2) is 18.8 Å². The fourth-order valence-electron chi connectivity index (χ4n) is 1.16. The number of benzene rings is 1. The van der Waals surface area contributed by atoms with Crippen LogP contribution in [0.5, 0.6) is 0 Å². The van der Waals surface area contributed by atoms with E-state index in [9.17, 15) is 0 Å². The summed E-state index contributed by atoms with van der Waals surface area (Å²) in [5, 5.41) is 12.0. The van der Waals surface area contributed by atoms with E-state index in [1.54, 1.807) is 0 Å². The van der Waals surface area contributed by atoms with E-state index in [2.05, 4.69) is 24.4 Å². The molecule has 0 spiro atoms. The normalized spacial score (nSPS) is 12.9. The van der Waals surface area contributed by atoms with Crippen LogP contribution in [0.1, 0.15) is 17.2 Å². The molecule has 0 heterocycles. The second kappa shape index (κ2) is 4.24. The van der Waals surface area contributed by atoms with Crippen molar-refractivity contribution in [3.8, 4) is 0 Å². The van der Waals surface area contributed by atoms with E-state index < -0.39 is 0 Å². The molecule has 0 bridgehead atoms. The summed E-state index contributed by atoms with van der Waals surface area (Å²) in [6.07, 6.45) is 0. The zero-order valence-electron chi connectivity index (χ0n) is 7.54. The summed E-state index contributed by atoms with van der Waals surface area (Å²) < 4.78 is 0. The van der Waals surface area contributed by atoms with Crippen LogP contribution >= 0.6 is 0 Å². The lowest BCUT2D eigenvalue weighted by molar-refractivity contribution is 0.251. The highest BCUT2D eigenvalue weighted by atomic mass is 16.3. The Morgan fingerprint density at radius 2 is 1.92 bits per heavy atom. The minimum atomic E-state index is 0.0607. The fourth-order valence-corrected chi connectivity index (χ4v) is 1.16. The number of hydrogen-bond acceptors (Lipinski definition) is 2. The molecular formula is C10H15NO. The summed E-state index contributed by atoms with van der Waals surface area (Å²) in [5.41, 5.74) is 2.37. The van der Waals surface area contributed by atoms with Crippen LogP contribution in [0.2, 0.25) is 0 Å². The molecular weight excluding hydrogens is 150 g/mol. The van der Waals surface area contributed by atoms with Crippen LogP contribution in [-0.2, 0) is 0 Å². The number of nitrogens with one attached hydrogen (secondary N) is 1. The van der Waals surface area contributed by atoms with E-state index >= 15 is 0 Å². The number of hydrogen-bond donors (Lipinski definition) is 2. The van der Waals surface area contributed by atoms with Gasteiger partial charge in [0, 0.05) is 0 Å². The first kappa shape index (κ1) is 9.23. The van der Waals surface area contributed by atoms with E-state index in [4.69, 9.17) is 5.11 Å². The molecule has 1 unspecified atom stereocenters. The van der Waals surface area contributed by atoms with Gasteiger partial charge in [-0.15, -0.1) is 0 Å². The zero-order valence-corrected chi connectivity index (χ0v) is 7.54. The quantitative estimate of drug-likeness (QED) is 0.706. The lowest BCUT2D eigenvalue weighted by Gasteiger charge is -2.13. The zero-order chi connectivity index (χ0) is 8.97. The molecule has 2 heteroatoms. The van der Waals surface area contributed by atoms with Gasteiger partial charge < -0.3 is 10.4 Å². The van der Waals surface area contributed by atoms with E-state index in [1.807, 2.05) is 19.2 Å². The monoisotopic (exact) mass is 165 g/mol. The number of aliphatic hydroxyl groups is 1. The summed E-state index contributed by atoms with van der Waals surface area (Å²) in [7, 11) is 1.85.